The van der Waals surface area contributed by atoms with Gasteiger partial charge in [-0.15, -0.1) is 5.10 Å². The van der Waals surface area contributed by atoms with Crippen LogP contribution in [0.1, 0.15) is 0 Å². The molecule has 0 spiro atoms. The van der Waals surface area contributed by atoms with Crippen LogP contribution in [0, 0.1) is 0 Å². The van der Waals surface area contributed by atoms with Gasteiger partial charge >= 0.3 is 0 Å². The maximum absolute atomic E-state index is 11.6. The first-order chi connectivity index (χ1) is 7.45. The Morgan fingerprint density at radius 3 is 2.31 bits per heavy atom. The first-order valence-electron chi connectivity index (χ1n) is 4.20. The molecule has 0 aliphatic rings. The Balaban J connectivity index is 2.94. The van der Waals surface area contributed by atoms with E-state index in [2.05, 4.69) is 5.10 Å². The highest BCUT2D eigenvalue weighted by atomic mass is 32.2. The van der Waals surface area contributed by atoms with Crippen molar-refractivity contribution in [3.63, 3.8) is 0 Å². The summed E-state index contributed by atoms with van der Waals surface area (Å²) in [5, 5.41) is 3.22. The summed E-state index contributed by atoms with van der Waals surface area (Å²) in [5.74, 6) is 0.192. The van der Waals surface area contributed by atoms with E-state index in [-0.39, 0.29) is 10.9 Å². The molecule has 0 aliphatic carbocycles. The maximum atomic E-state index is 11.6. The van der Waals surface area contributed by atoms with E-state index in [0.29, 0.717) is 5.75 Å². The third-order valence-corrected chi connectivity index (χ3v) is 2.89. The van der Waals surface area contributed by atoms with Crippen LogP contribution in [0.2, 0.25) is 0 Å². The van der Waals surface area contributed by atoms with Gasteiger partial charge in [-0.05, 0) is 24.3 Å². The molecule has 0 saturated heterocycles. The largest absolute Gasteiger partial charge is 0.497 e. The average molecular weight is 244 g/mol. The molecular weight excluding hydrogens is 232 g/mol. The molecule has 88 valence electrons. The van der Waals surface area contributed by atoms with Crippen LogP contribution in [0.15, 0.2) is 34.3 Å². The van der Waals surface area contributed by atoms with Gasteiger partial charge in [0.05, 0.1) is 12.0 Å². The molecule has 0 heterocycles. The van der Waals surface area contributed by atoms with Crippen LogP contribution in [0.3, 0.4) is 0 Å². The minimum absolute atomic E-state index is 0.0401. The van der Waals surface area contributed by atoms with Crippen molar-refractivity contribution in [1.82, 2.24) is 4.83 Å². The number of nitrogens with zero attached hydrogens (tertiary/aromatic N) is 1. The number of rotatable bonds is 4. The van der Waals surface area contributed by atoms with Gasteiger partial charge in [0.1, 0.15) is 5.75 Å². The molecular formula is C8H12N4O3S. The van der Waals surface area contributed by atoms with Gasteiger partial charge in [-0.3, -0.25) is 0 Å². The topological polar surface area (TPSA) is 120 Å². The zero-order chi connectivity index (χ0) is 12.2. The molecule has 1 rings (SSSR count). The maximum Gasteiger partial charge on any atom is 0.276 e. The summed E-state index contributed by atoms with van der Waals surface area (Å²) in [6.07, 6.45) is 0. The molecule has 0 atom stereocenters. The number of guanidine groups is 1. The van der Waals surface area contributed by atoms with Gasteiger partial charge in [0, 0.05) is 0 Å². The summed E-state index contributed by atoms with van der Waals surface area (Å²) in [7, 11) is -2.25. The van der Waals surface area contributed by atoms with E-state index in [9.17, 15) is 8.42 Å². The van der Waals surface area contributed by atoms with Crippen molar-refractivity contribution < 1.29 is 13.2 Å². The summed E-state index contributed by atoms with van der Waals surface area (Å²) in [5.41, 5.74) is 10.0. The quantitative estimate of drug-likeness (QED) is 0.362. The predicted molar refractivity (Wildman–Crippen MR) is 59.1 cm³/mol. The molecule has 0 aliphatic heterocycles. The number of hydrogen-bond acceptors (Lipinski definition) is 4. The molecule has 0 unspecified atom stereocenters. The predicted octanol–water partition coefficient (Wildman–Crippen LogP) is -0.838. The second-order valence-corrected chi connectivity index (χ2v) is 4.47. The van der Waals surface area contributed by atoms with Crippen molar-refractivity contribution in [2.24, 2.45) is 16.6 Å². The minimum atomic E-state index is -3.73. The zero-order valence-electron chi connectivity index (χ0n) is 8.54. The summed E-state index contributed by atoms with van der Waals surface area (Å²) < 4.78 is 28.0. The summed E-state index contributed by atoms with van der Waals surface area (Å²) >= 11 is 0. The van der Waals surface area contributed by atoms with Crippen molar-refractivity contribution in [2.75, 3.05) is 7.11 Å². The first kappa shape index (κ1) is 12.1. The minimum Gasteiger partial charge on any atom is -0.497 e. The monoisotopic (exact) mass is 244 g/mol. The fourth-order valence-corrected chi connectivity index (χ4v) is 1.75. The Morgan fingerprint density at radius 1 is 1.31 bits per heavy atom. The van der Waals surface area contributed by atoms with Crippen molar-refractivity contribution in [1.29, 1.82) is 0 Å². The number of hydrogen-bond donors (Lipinski definition) is 3. The number of sulfonamides is 1. The van der Waals surface area contributed by atoms with E-state index in [1.807, 2.05) is 4.83 Å². The summed E-state index contributed by atoms with van der Waals surface area (Å²) in [4.78, 5) is 1.92. The Kier molecular flexibility index (Phi) is 3.56. The summed E-state index contributed by atoms with van der Waals surface area (Å²) in [6, 6.07) is 5.79. The highest BCUT2D eigenvalue weighted by Crippen LogP contribution is 2.14. The van der Waals surface area contributed by atoms with Crippen LogP contribution in [0.25, 0.3) is 0 Å². The molecule has 0 bridgehead atoms. The van der Waals surface area contributed by atoms with E-state index < -0.39 is 10.0 Å². The van der Waals surface area contributed by atoms with Gasteiger partial charge in [-0.2, -0.15) is 13.2 Å². The molecule has 0 radical (unpaired) electrons. The standard InChI is InChI=1S/C8H12N4O3S/c1-15-6-2-4-7(5-3-6)16(13,14)12-11-8(9)10/h2-5,12H,1H3,(H4,9,10,11). The van der Waals surface area contributed by atoms with E-state index in [1.54, 1.807) is 0 Å². The van der Waals surface area contributed by atoms with Crippen molar-refractivity contribution in [2.45, 2.75) is 4.90 Å². The third kappa shape index (κ3) is 3.02. The third-order valence-electron chi connectivity index (χ3n) is 1.66. The molecule has 5 N–H and O–H groups in total. The second-order valence-electron chi connectivity index (χ2n) is 2.81. The van der Waals surface area contributed by atoms with E-state index >= 15 is 0 Å². The SMILES string of the molecule is COc1ccc(S(=O)(=O)NN=C(N)N)cc1. The van der Waals surface area contributed by atoms with E-state index in [1.165, 1.54) is 31.4 Å². The van der Waals surface area contributed by atoms with Crippen LogP contribution < -0.4 is 21.0 Å². The molecule has 0 saturated carbocycles. The normalized spacial score (nSPS) is 10.6. The second kappa shape index (κ2) is 4.71. The Morgan fingerprint density at radius 2 is 1.88 bits per heavy atom. The number of ether oxygens (including phenoxy) is 1. The van der Waals surface area contributed by atoms with Crippen LogP contribution in [0.5, 0.6) is 5.75 Å². The molecule has 1 aromatic carbocycles. The van der Waals surface area contributed by atoms with Crippen molar-refractivity contribution in [3.05, 3.63) is 24.3 Å². The van der Waals surface area contributed by atoms with Crippen LogP contribution in [0.4, 0.5) is 0 Å². The number of hydrazone groups is 1. The lowest BCUT2D eigenvalue weighted by atomic mass is 10.3. The fraction of sp³-hybridized carbons (Fsp3) is 0.125. The molecule has 0 fully saturated rings. The Hall–Kier alpha value is -1.96. The first-order valence-corrected chi connectivity index (χ1v) is 5.68. The van der Waals surface area contributed by atoms with Crippen LogP contribution in [-0.4, -0.2) is 21.5 Å². The van der Waals surface area contributed by atoms with E-state index in [0.717, 1.165) is 0 Å². The molecule has 8 heteroatoms. The summed E-state index contributed by atoms with van der Waals surface area (Å²) in [6.45, 7) is 0. The van der Waals surface area contributed by atoms with Gasteiger partial charge in [-0.25, -0.2) is 0 Å². The molecule has 16 heavy (non-hydrogen) atoms. The molecule has 0 aromatic heterocycles. The highest BCUT2D eigenvalue weighted by Gasteiger charge is 2.12. The molecule has 7 nitrogen and oxygen atoms in total. The van der Waals surface area contributed by atoms with Crippen LogP contribution >= 0.6 is 0 Å². The lowest BCUT2D eigenvalue weighted by Crippen LogP contribution is -2.29. The van der Waals surface area contributed by atoms with Gasteiger partial charge in [-0.1, -0.05) is 0 Å². The Bertz CT molecular complexity index is 477. The fourth-order valence-electron chi connectivity index (χ4n) is 0.920. The van der Waals surface area contributed by atoms with Gasteiger partial charge in [0.2, 0.25) is 5.96 Å². The highest BCUT2D eigenvalue weighted by molar-refractivity contribution is 7.89. The van der Waals surface area contributed by atoms with Gasteiger partial charge in [0.15, 0.2) is 0 Å². The average Bonchev–Trinajstić information content (AvgIpc) is 2.27. The lowest BCUT2D eigenvalue weighted by Gasteiger charge is -2.04. The van der Waals surface area contributed by atoms with Crippen molar-refractivity contribution >= 4 is 16.0 Å². The van der Waals surface area contributed by atoms with Gasteiger partial charge < -0.3 is 16.2 Å². The van der Waals surface area contributed by atoms with Crippen LogP contribution in [-0.2, 0) is 10.0 Å². The number of methoxy groups -OCH3 is 1. The number of benzene rings is 1. The zero-order valence-corrected chi connectivity index (χ0v) is 9.36. The number of nitrogens with two attached hydrogens (primary N) is 2. The number of nitrogens with one attached hydrogen (secondary N) is 1. The van der Waals surface area contributed by atoms with Gasteiger partial charge in [0.25, 0.3) is 10.0 Å². The van der Waals surface area contributed by atoms with Crippen molar-refractivity contribution in [3.8, 4) is 5.75 Å². The smallest absolute Gasteiger partial charge is 0.276 e. The van der Waals surface area contributed by atoms with E-state index in [4.69, 9.17) is 16.2 Å². The Labute approximate surface area is 93.1 Å². The lowest BCUT2D eigenvalue weighted by molar-refractivity contribution is 0.414. The molecule has 0 amide bonds. The molecule has 1 aromatic rings.